The number of alkyl halides is 1. The zero-order chi connectivity index (χ0) is 20.6. The van der Waals surface area contributed by atoms with Crippen molar-refractivity contribution in [3.05, 3.63) is 0 Å². The van der Waals surface area contributed by atoms with Crippen molar-refractivity contribution in [1.82, 2.24) is 0 Å². The highest BCUT2D eigenvalue weighted by molar-refractivity contribution is 9.09. The fourth-order valence-electron chi connectivity index (χ4n) is 3.10. The molecule has 0 amide bonds. The van der Waals surface area contributed by atoms with Crippen LogP contribution in [0.5, 0.6) is 0 Å². The summed E-state index contributed by atoms with van der Waals surface area (Å²) in [5, 5.41) is -0.221. The van der Waals surface area contributed by atoms with E-state index in [0.717, 1.165) is 58.0 Å². The predicted molar refractivity (Wildman–Crippen MR) is 117 cm³/mol. The van der Waals surface area contributed by atoms with Crippen LogP contribution in [-0.4, -0.2) is 62.5 Å². The van der Waals surface area contributed by atoms with Gasteiger partial charge in [0.15, 0.2) is 0 Å². The maximum atomic E-state index is 6.32. The lowest BCUT2D eigenvalue weighted by Gasteiger charge is -2.44. The summed E-state index contributed by atoms with van der Waals surface area (Å²) in [7, 11) is 0. The number of ether oxygens (including phenoxy) is 5. The smallest absolute Gasteiger partial charge is 0.141 e. The predicted octanol–water partition coefficient (Wildman–Crippen LogP) is 5.48. The summed E-state index contributed by atoms with van der Waals surface area (Å²) in [5.74, 6) is 0. The second-order valence-corrected chi connectivity index (χ2v) is 8.42. The Bertz CT molecular complexity index is 358. The quantitative estimate of drug-likeness (QED) is 0.209. The van der Waals surface area contributed by atoms with E-state index in [1.807, 2.05) is 0 Å². The first-order valence-corrected chi connectivity index (χ1v) is 12.3. The van der Waals surface area contributed by atoms with Crippen LogP contribution >= 0.6 is 15.9 Å². The minimum atomic E-state index is -0.221. The average Bonchev–Trinajstić information content (AvgIpc) is 2.69. The van der Waals surface area contributed by atoms with Crippen molar-refractivity contribution in [2.75, 3.05) is 33.0 Å². The van der Waals surface area contributed by atoms with E-state index in [1.165, 1.54) is 0 Å². The van der Waals surface area contributed by atoms with Crippen molar-refractivity contribution in [1.29, 1.82) is 0 Å². The van der Waals surface area contributed by atoms with Crippen molar-refractivity contribution in [2.45, 2.75) is 108 Å². The van der Waals surface area contributed by atoms with Crippen LogP contribution < -0.4 is 0 Å². The first-order chi connectivity index (χ1) is 13.7. The van der Waals surface area contributed by atoms with Gasteiger partial charge in [0.1, 0.15) is 29.4 Å². The van der Waals surface area contributed by atoms with Crippen molar-refractivity contribution in [3.63, 3.8) is 0 Å². The second kappa shape index (κ2) is 17.0. The minimum absolute atomic E-state index is 0.154. The van der Waals surface area contributed by atoms with Crippen LogP contribution in [0.3, 0.4) is 0 Å². The van der Waals surface area contributed by atoms with Crippen LogP contribution in [0.2, 0.25) is 0 Å². The second-order valence-electron chi connectivity index (χ2n) is 7.52. The molecule has 6 heteroatoms. The maximum absolute atomic E-state index is 6.32. The molecule has 0 saturated carbocycles. The van der Waals surface area contributed by atoms with Gasteiger partial charge in [-0.15, -0.1) is 0 Å². The third kappa shape index (κ3) is 9.86. The normalized spacial score (nSPS) is 28.0. The van der Waals surface area contributed by atoms with Gasteiger partial charge < -0.3 is 23.7 Å². The lowest BCUT2D eigenvalue weighted by molar-refractivity contribution is -0.246. The van der Waals surface area contributed by atoms with Crippen LogP contribution in [0.15, 0.2) is 0 Å². The number of hydrogen-bond acceptors (Lipinski definition) is 5. The van der Waals surface area contributed by atoms with Crippen LogP contribution in [-0.2, 0) is 23.7 Å². The summed E-state index contributed by atoms with van der Waals surface area (Å²) >= 11 is 3.69. The molecule has 0 N–H and O–H groups in total. The Morgan fingerprint density at radius 2 is 1.11 bits per heavy atom. The lowest BCUT2D eigenvalue weighted by atomic mass is 9.99. The van der Waals surface area contributed by atoms with Crippen molar-refractivity contribution in [2.24, 2.45) is 0 Å². The number of halogens is 1. The van der Waals surface area contributed by atoms with Crippen molar-refractivity contribution < 1.29 is 23.7 Å². The monoisotopic (exact) mass is 466 g/mol. The molecule has 1 saturated heterocycles. The van der Waals surface area contributed by atoms with Gasteiger partial charge in [0.05, 0.1) is 6.61 Å². The van der Waals surface area contributed by atoms with Gasteiger partial charge in [-0.1, -0.05) is 69.3 Å². The summed E-state index contributed by atoms with van der Waals surface area (Å²) in [6.45, 7) is 12.1. The molecular weight excluding hydrogens is 424 g/mol. The molecule has 28 heavy (non-hydrogen) atoms. The molecule has 0 aromatic heterocycles. The molecule has 0 aromatic carbocycles. The molecule has 1 fully saturated rings. The first kappa shape index (κ1) is 26.3. The fourth-order valence-corrected chi connectivity index (χ4v) is 3.83. The highest BCUT2D eigenvalue weighted by Gasteiger charge is 2.47. The van der Waals surface area contributed by atoms with E-state index in [2.05, 4.69) is 43.6 Å². The Kier molecular flexibility index (Phi) is 16.0. The number of rotatable bonds is 17. The van der Waals surface area contributed by atoms with E-state index in [9.17, 15) is 0 Å². The summed E-state index contributed by atoms with van der Waals surface area (Å²) in [6.07, 6.45) is 7.92. The van der Waals surface area contributed by atoms with Gasteiger partial charge in [0.2, 0.25) is 0 Å². The number of unbranched alkanes of at least 4 members (excludes halogenated alkanes) is 4. The largest absolute Gasteiger partial charge is 0.379 e. The Morgan fingerprint density at radius 3 is 1.64 bits per heavy atom. The molecule has 168 valence electrons. The third-order valence-corrected chi connectivity index (χ3v) is 5.66. The van der Waals surface area contributed by atoms with Crippen LogP contribution in [0.4, 0.5) is 0 Å². The molecule has 0 spiro atoms. The Morgan fingerprint density at radius 1 is 0.643 bits per heavy atom. The highest BCUT2D eigenvalue weighted by atomic mass is 79.9. The van der Waals surface area contributed by atoms with Crippen LogP contribution in [0, 0.1) is 0 Å². The van der Waals surface area contributed by atoms with Crippen molar-refractivity contribution in [3.8, 4) is 0 Å². The fraction of sp³-hybridized carbons (Fsp3) is 1.00. The molecule has 5 atom stereocenters. The Labute approximate surface area is 181 Å². The maximum Gasteiger partial charge on any atom is 0.141 e. The van der Waals surface area contributed by atoms with Gasteiger partial charge in [0.25, 0.3) is 0 Å². The van der Waals surface area contributed by atoms with Crippen LogP contribution in [0.25, 0.3) is 0 Å². The van der Waals surface area contributed by atoms with E-state index >= 15 is 0 Å². The van der Waals surface area contributed by atoms with Gasteiger partial charge in [-0.3, -0.25) is 0 Å². The van der Waals surface area contributed by atoms with E-state index in [0.29, 0.717) is 26.4 Å². The Hall–Kier alpha value is 0.280. The van der Waals surface area contributed by atoms with Gasteiger partial charge in [0, 0.05) is 26.4 Å². The van der Waals surface area contributed by atoms with E-state index in [4.69, 9.17) is 23.7 Å². The van der Waals surface area contributed by atoms with E-state index < -0.39 is 0 Å². The summed E-state index contributed by atoms with van der Waals surface area (Å²) in [6, 6.07) is 0. The van der Waals surface area contributed by atoms with Crippen molar-refractivity contribution >= 4 is 15.9 Å². The molecule has 0 aromatic rings. The number of hydrogen-bond donors (Lipinski definition) is 0. The molecule has 1 aliphatic heterocycles. The van der Waals surface area contributed by atoms with Crippen LogP contribution in [0.1, 0.15) is 79.1 Å². The first-order valence-electron chi connectivity index (χ1n) is 11.4. The van der Waals surface area contributed by atoms with Gasteiger partial charge >= 0.3 is 0 Å². The molecule has 1 heterocycles. The molecule has 1 rings (SSSR count). The minimum Gasteiger partial charge on any atom is -0.379 e. The summed E-state index contributed by atoms with van der Waals surface area (Å²) in [4.78, 5) is 0. The molecular formula is C22H43BrO5. The van der Waals surface area contributed by atoms with E-state index in [-0.39, 0.29) is 29.4 Å². The molecule has 0 unspecified atom stereocenters. The summed E-state index contributed by atoms with van der Waals surface area (Å²) < 4.78 is 30.9. The topological polar surface area (TPSA) is 46.2 Å². The molecule has 0 bridgehead atoms. The van der Waals surface area contributed by atoms with Gasteiger partial charge in [-0.25, -0.2) is 0 Å². The average molecular weight is 467 g/mol. The molecule has 5 nitrogen and oxygen atoms in total. The SMILES string of the molecule is CCCCOC[C@H]1O[C@H](Br)[C@H](OCCCC)[C@@H](OCCCC)[C@@H]1OCCCC. The standard InChI is InChI=1S/C22H43BrO5/c1-5-9-13-24-17-18-19(25-14-10-6-2)20(26-15-11-7-3)21(22(23)28-18)27-16-12-8-4/h18-22H,5-17H2,1-4H3/t18-,19-,20+,21-,22+/m1/s1. The van der Waals surface area contributed by atoms with Gasteiger partial charge in [-0.05, 0) is 25.7 Å². The third-order valence-electron chi connectivity index (χ3n) is 4.93. The molecule has 0 aliphatic carbocycles. The molecule has 0 radical (unpaired) electrons. The van der Waals surface area contributed by atoms with Gasteiger partial charge in [-0.2, -0.15) is 0 Å². The molecule has 1 aliphatic rings. The zero-order valence-electron chi connectivity index (χ0n) is 18.5. The van der Waals surface area contributed by atoms with E-state index in [1.54, 1.807) is 0 Å². The lowest BCUT2D eigenvalue weighted by Crippen LogP contribution is -2.60. The highest BCUT2D eigenvalue weighted by Crippen LogP contribution is 2.32. The Balaban J connectivity index is 2.84. The zero-order valence-corrected chi connectivity index (χ0v) is 20.1. The summed E-state index contributed by atoms with van der Waals surface area (Å²) in [5.41, 5.74) is 0.